The molecule has 0 rings (SSSR count). The summed E-state index contributed by atoms with van der Waals surface area (Å²) >= 11 is 1.99. The summed E-state index contributed by atoms with van der Waals surface area (Å²) in [6.07, 6.45) is 8.07. The smallest absolute Gasteiger partial charge is 0.430 e. The normalized spacial score (nSPS) is 12.5. The fourth-order valence-corrected chi connectivity index (χ4v) is 4.17. The van der Waals surface area contributed by atoms with E-state index in [9.17, 15) is 13.2 Å². The molecule has 0 aliphatic rings. The van der Waals surface area contributed by atoms with E-state index in [1.165, 1.54) is 49.4 Å². The second-order valence-corrected chi connectivity index (χ2v) is 7.94. The van der Waals surface area contributed by atoms with Gasteiger partial charge in [-0.1, -0.05) is 32.6 Å². The fraction of sp³-hybridized carbons (Fsp3) is 0.923. The summed E-state index contributed by atoms with van der Waals surface area (Å²) < 4.78 is 31.5. The van der Waals surface area contributed by atoms with E-state index in [-0.39, 0.29) is 0 Å². The maximum Gasteiger partial charge on any atom is 0.430 e. The highest BCUT2D eigenvalue weighted by Crippen LogP contribution is 2.11. The van der Waals surface area contributed by atoms with Gasteiger partial charge in [0.05, 0.1) is 6.26 Å². The summed E-state index contributed by atoms with van der Waals surface area (Å²) in [5.74, 6) is -1.54. The van der Waals surface area contributed by atoms with Crippen LogP contribution in [0.25, 0.3) is 0 Å². The average Bonchev–Trinajstić information content (AvgIpc) is 2.33. The van der Waals surface area contributed by atoms with Crippen molar-refractivity contribution in [3.05, 3.63) is 0 Å². The molecule has 0 aliphatic carbocycles. The van der Waals surface area contributed by atoms with Crippen molar-refractivity contribution in [3.63, 3.8) is 0 Å². The molecule has 0 spiro atoms. The van der Waals surface area contributed by atoms with Crippen molar-refractivity contribution >= 4 is 28.6 Å². The van der Waals surface area contributed by atoms with E-state index in [0.717, 1.165) is 0 Å². The summed E-state index contributed by atoms with van der Waals surface area (Å²) in [7, 11) is 0.686. The van der Waals surface area contributed by atoms with Gasteiger partial charge in [-0.25, -0.2) is 0 Å². The van der Waals surface area contributed by atoms with Crippen LogP contribution in [0.2, 0.25) is 0 Å². The van der Waals surface area contributed by atoms with Crippen LogP contribution in [0, 0.1) is 0 Å². The molecule has 0 heterocycles. The number of carboxylic acids is 1. The molecule has 0 aromatic heterocycles. The van der Waals surface area contributed by atoms with Gasteiger partial charge in [0.25, 0.3) is 0 Å². The SMILES string of the molecule is CCCCCCCC[S+](C)CSC.O=C([O-])C(F)(F)F. The zero-order valence-corrected chi connectivity index (χ0v) is 14.1. The van der Waals surface area contributed by atoms with Crippen molar-refractivity contribution in [3.8, 4) is 0 Å². The van der Waals surface area contributed by atoms with Gasteiger partial charge in [-0.05, 0) is 30.0 Å². The Hall–Kier alpha value is -0.0400. The Morgan fingerprint density at radius 1 is 1.15 bits per heavy atom. The molecule has 0 aromatic carbocycles. The zero-order valence-electron chi connectivity index (χ0n) is 12.4. The lowest BCUT2D eigenvalue weighted by Crippen LogP contribution is -2.37. The van der Waals surface area contributed by atoms with E-state index >= 15 is 0 Å². The molecule has 0 bridgehead atoms. The first-order valence-corrected chi connectivity index (χ1v) is 9.98. The molecule has 0 N–H and O–H groups in total. The van der Waals surface area contributed by atoms with Crippen molar-refractivity contribution in [1.82, 2.24) is 0 Å². The van der Waals surface area contributed by atoms with Gasteiger partial charge in [0.1, 0.15) is 11.7 Å². The lowest BCUT2D eigenvalue weighted by molar-refractivity contribution is -0.344. The van der Waals surface area contributed by atoms with Gasteiger partial charge in [-0.3, -0.25) is 0 Å². The van der Waals surface area contributed by atoms with E-state index in [0.29, 0.717) is 10.9 Å². The van der Waals surface area contributed by atoms with E-state index in [1.807, 2.05) is 11.8 Å². The second kappa shape index (κ2) is 13.9. The number of aliphatic carboxylic acids is 1. The van der Waals surface area contributed by atoms with Crippen LogP contribution in [-0.2, 0) is 15.7 Å². The minimum absolute atomic E-state index is 0.686. The maximum absolute atomic E-state index is 10.5. The first-order chi connectivity index (χ1) is 9.25. The third kappa shape index (κ3) is 18.0. The Labute approximate surface area is 127 Å². The third-order valence-electron chi connectivity index (χ3n) is 2.40. The quantitative estimate of drug-likeness (QED) is 0.480. The van der Waals surface area contributed by atoms with Crippen LogP contribution < -0.4 is 5.11 Å². The van der Waals surface area contributed by atoms with E-state index in [2.05, 4.69) is 19.4 Å². The number of unbranched alkanes of at least 4 members (excludes halogenated alkanes) is 5. The highest BCUT2D eigenvalue weighted by Gasteiger charge is 2.28. The summed E-state index contributed by atoms with van der Waals surface area (Å²) in [5.41, 5.74) is 0. The molecule has 20 heavy (non-hydrogen) atoms. The molecule has 0 radical (unpaired) electrons. The molecule has 1 unspecified atom stereocenters. The van der Waals surface area contributed by atoms with Gasteiger partial charge in [0.15, 0.2) is 5.08 Å². The summed E-state index contributed by atoms with van der Waals surface area (Å²) in [6.45, 7) is 2.28. The summed E-state index contributed by atoms with van der Waals surface area (Å²) in [5, 5.41) is 10.2. The number of rotatable bonds is 9. The number of hydrogen-bond donors (Lipinski definition) is 0. The Bertz CT molecular complexity index is 236. The molecule has 0 amide bonds. The standard InChI is InChI=1S/C11H25S2.C2HF3O2/c1-4-5-6-7-8-9-10-13(3)11-12-2;3-2(4,5)1(6)7/h4-11H2,1-3H3;(H,6,7)/q+1;/p-1. The van der Waals surface area contributed by atoms with E-state index < -0.39 is 12.1 Å². The van der Waals surface area contributed by atoms with Gasteiger partial charge in [-0.2, -0.15) is 13.2 Å². The number of carbonyl (C=O) groups excluding carboxylic acids is 1. The molecule has 7 heteroatoms. The number of alkyl halides is 3. The summed E-state index contributed by atoms with van der Waals surface area (Å²) in [4.78, 5) is 8.78. The molecule has 0 fully saturated rings. The predicted molar refractivity (Wildman–Crippen MR) is 81.0 cm³/mol. The summed E-state index contributed by atoms with van der Waals surface area (Å²) in [6, 6.07) is 0. The number of carboxylic acid groups (broad SMARTS) is 1. The lowest BCUT2D eigenvalue weighted by atomic mass is 10.1. The number of halogens is 3. The largest absolute Gasteiger partial charge is 0.542 e. The molecule has 122 valence electrons. The van der Waals surface area contributed by atoms with E-state index in [4.69, 9.17) is 9.90 Å². The third-order valence-corrected chi connectivity index (χ3v) is 5.93. The topological polar surface area (TPSA) is 40.1 Å². The Morgan fingerprint density at radius 2 is 1.60 bits per heavy atom. The zero-order chi connectivity index (χ0) is 16.0. The monoisotopic (exact) mass is 334 g/mol. The average molecular weight is 334 g/mol. The Kier molecular flexibility index (Phi) is 15.5. The van der Waals surface area contributed by atoms with Crippen LogP contribution in [0.5, 0.6) is 0 Å². The second-order valence-electron chi connectivity index (χ2n) is 4.45. The van der Waals surface area contributed by atoms with Crippen molar-refractivity contribution in [2.45, 2.75) is 51.6 Å². The van der Waals surface area contributed by atoms with Crippen molar-refractivity contribution in [2.24, 2.45) is 0 Å². The van der Waals surface area contributed by atoms with Crippen LogP contribution in [-0.4, -0.2) is 35.5 Å². The van der Waals surface area contributed by atoms with Crippen LogP contribution in [0.3, 0.4) is 0 Å². The minimum Gasteiger partial charge on any atom is -0.542 e. The molecule has 0 aromatic rings. The first kappa shape index (κ1) is 22.2. The highest BCUT2D eigenvalue weighted by atomic mass is 32.2. The van der Waals surface area contributed by atoms with Crippen LogP contribution in [0.15, 0.2) is 0 Å². The van der Waals surface area contributed by atoms with Gasteiger partial charge in [0, 0.05) is 0 Å². The molecule has 1 atom stereocenters. The fourth-order valence-electron chi connectivity index (χ4n) is 1.39. The van der Waals surface area contributed by atoms with E-state index in [1.54, 1.807) is 0 Å². The molecule has 0 saturated heterocycles. The van der Waals surface area contributed by atoms with Crippen molar-refractivity contribution in [1.29, 1.82) is 0 Å². The number of carbonyl (C=O) groups is 1. The Morgan fingerprint density at radius 3 is 2.00 bits per heavy atom. The number of hydrogen-bond acceptors (Lipinski definition) is 3. The molecular formula is C13H25F3O2S2. The molecule has 0 saturated carbocycles. The predicted octanol–water partition coefficient (Wildman–Crippen LogP) is 3.21. The van der Waals surface area contributed by atoms with Crippen LogP contribution >= 0.6 is 11.8 Å². The van der Waals surface area contributed by atoms with Crippen LogP contribution in [0.4, 0.5) is 13.2 Å². The van der Waals surface area contributed by atoms with Crippen molar-refractivity contribution in [2.75, 3.05) is 23.3 Å². The van der Waals surface area contributed by atoms with Gasteiger partial charge in [0.2, 0.25) is 0 Å². The minimum atomic E-state index is -5.19. The van der Waals surface area contributed by atoms with Gasteiger partial charge in [-0.15, -0.1) is 11.8 Å². The highest BCUT2D eigenvalue weighted by molar-refractivity contribution is 8.13. The van der Waals surface area contributed by atoms with Crippen molar-refractivity contribution < 1.29 is 23.1 Å². The van der Waals surface area contributed by atoms with Crippen LogP contribution in [0.1, 0.15) is 45.4 Å². The molecule has 0 aliphatic heterocycles. The van der Waals surface area contributed by atoms with Gasteiger partial charge >= 0.3 is 6.18 Å². The Balaban J connectivity index is 0. The molecule has 2 nitrogen and oxygen atoms in total. The maximum atomic E-state index is 10.5. The molecular weight excluding hydrogens is 309 g/mol. The van der Waals surface area contributed by atoms with Gasteiger partial charge < -0.3 is 9.90 Å². The first-order valence-electron chi connectivity index (χ1n) is 6.61. The number of thioether (sulfide) groups is 1. The lowest BCUT2D eigenvalue weighted by Gasteiger charge is -2.03.